The lowest BCUT2D eigenvalue weighted by Gasteiger charge is -2.17. The fourth-order valence-corrected chi connectivity index (χ4v) is 2.45. The summed E-state index contributed by atoms with van der Waals surface area (Å²) in [7, 11) is 1.90. The number of likely N-dealkylation sites (N-methyl/N-ethyl adjacent to an activating group) is 1. The first-order chi connectivity index (χ1) is 8.47. The summed E-state index contributed by atoms with van der Waals surface area (Å²) in [5, 5.41) is 23.8. The van der Waals surface area contributed by atoms with E-state index in [1.165, 1.54) is 6.07 Å². The topological polar surface area (TPSA) is 78.6 Å². The highest BCUT2D eigenvalue weighted by Crippen LogP contribution is 2.29. The van der Waals surface area contributed by atoms with Crippen LogP contribution in [0.3, 0.4) is 0 Å². The average Bonchev–Trinajstić information content (AvgIpc) is 2.60. The first-order valence-electron chi connectivity index (χ1n) is 5.54. The summed E-state index contributed by atoms with van der Waals surface area (Å²) < 4.78 is 0.656. The number of benzene rings is 1. The minimum Gasteiger partial charge on any atom is -0.390 e. The predicted octanol–water partition coefficient (Wildman–Crippen LogP) is 1.44. The minimum atomic E-state index is -0.516. The van der Waals surface area contributed by atoms with Gasteiger partial charge in [0.15, 0.2) is 0 Å². The van der Waals surface area contributed by atoms with E-state index in [9.17, 15) is 15.2 Å². The summed E-state index contributed by atoms with van der Waals surface area (Å²) >= 11 is 3.21. The first-order valence-corrected chi connectivity index (χ1v) is 6.34. The van der Waals surface area contributed by atoms with Crippen LogP contribution in [-0.2, 0) is 0 Å². The number of nitrogens with zero attached hydrogens (tertiary/aromatic N) is 2. The predicted molar refractivity (Wildman–Crippen MR) is 71.7 cm³/mol. The number of nitro benzene ring substituents is 1. The molecule has 1 aromatic rings. The fourth-order valence-electron chi connectivity index (χ4n) is 2.10. The van der Waals surface area contributed by atoms with E-state index in [-0.39, 0.29) is 11.7 Å². The van der Waals surface area contributed by atoms with Gasteiger partial charge in [-0.2, -0.15) is 0 Å². The minimum absolute atomic E-state index is 0.00567. The number of nitrogens with one attached hydrogen (secondary N) is 1. The summed E-state index contributed by atoms with van der Waals surface area (Å²) in [6.07, 6.45) is -0.516. The molecule has 0 saturated carbocycles. The molecular weight excluding hydrogens is 302 g/mol. The van der Waals surface area contributed by atoms with Gasteiger partial charge in [-0.15, -0.1) is 0 Å². The third-order valence-corrected chi connectivity index (χ3v) is 3.46. The molecule has 0 aromatic heterocycles. The van der Waals surface area contributed by atoms with Crippen LogP contribution in [0.25, 0.3) is 0 Å². The molecule has 1 aliphatic rings. The molecule has 1 saturated heterocycles. The highest BCUT2D eigenvalue weighted by atomic mass is 79.9. The van der Waals surface area contributed by atoms with E-state index in [0.29, 0.717) is 23.2 Å². The van der Waals surface area contributed by atoms with E-state index in [0.717, 1.165) is 0 Å². The molecule has 1 fully saturated rings. The van der Waals surface area contributed by atoms with Crippen molar-refractivity contribution in [2.45, 2.75) is 12.1 Å². The standard InChI is InChI=1S/C11H14BrN3O3/c1-14-5-9(11(16)6-14)13-8-3-2-7(12)4-10(8)15(17)18/h2-4,9,11,13,16H,5-6H2,1H3/t9-,11+/m0/s1. The van der Waals surface area contributed by atoms with Crippen LogP contribution in [-0.4, -0.2) is 47.2 Å². The largest absolute Gasteiger partial charge is 0.390 e. The molecule has 7 heteroatoms. The molecule has 2 rings (SSSR count). The maximum atomic E-state index is 11.0. The number of hydrogen-bond donors (Lipinski definition) is 2. The number of halogens is 1. The van der Waals surface area contributed by atoms with Crippen LogP contribution in [0.2, 0.25) is 0 Å². The van der Waals surface area contributed by atoms with E-state index in [2.05, 4.69) is 21.2 Å². The molecule has 1 aromatic carbocycles. The van der Waals surface area contributed by atoms with Gasteiger partial charge in [0, 0.05) is 23.6 Å². The van der Waals surface area contributed by atoms with Crippen LogP contribution >= 0.6 is 15.9 Å². The van der Waals surface area contributed by atoms with Crippen molar-refractivity contribution >= 4 is 27.3 Å². The Balaban J connectivity index is 2.21. The number of aliphatic hydroxyl groups excluding tert-OH is 1. The molecule has 98 valence electrons. The third kappa shape index (κ3) is 2.80. The summed E-state index contributed by atoms with van der Waals surface area (Å²) in [6.45, 7) is 1.23. The van der Waals surface area contributed by atoms with Gasteiger partial charge in [0.25, 0.3) is 5.69 Å². The van der Waals surface area contributed by atoms with Gasteiger partial charge >= 0.3 is 0 Å². The van der Waals surface area contributed by atoms with Crippen molar-refractivity contribution in [2.24, 2.45) is 0 Å². The number of nitro groups is 1. The Bertz CT molecular complexity index is 469. The first kappa shape index (κ1) is 13.3. The van der Waals surface area contributed by atoms with Crippen molar-refractivity contribution in [1.29, 1.82) is 0 Å². The van der Waals surface area contributed by atoms with E-state index in [1.807, 2.05) is 11.9 Å². The van der Waals surface area contributed by atoms with Gasteiger partial charge in [-0.05, 0) is 19.2 Å². The zero-order valence-electron chi connectivity index (χ0n) is 9.84. The zero-order chi connectivity index (χ0) is 13.3. The summed E-state index contributed by atoms with van der Waals surface area (Å²) in [4.78, 5) is 12.5. The summed E-state index contributed by atoms with van der Waals surface area (Å²) in [6, 6.07) is 4.65. The van der Waals surface area contributed by atoms with Gasteiger partial charge in [0.05, 0.1) is 17.1 Å². The summed E-state index contributed by atoms with van der Waals surface area (Å²) in [5.41, 5.74) is 0.439. The maximum absolute atomic E-state index is 11.0. The quantitative estimate of drug-likeness (QED) is 0.652. The van der Waals surface area contributed by atoms with Crippen LogP contribution < -0.4 is 5.32 Å². The van der Waals surface area contributed by atoms with Crippen molar-refractivity contribution in [3.63, 3.8) is 0 Å². The highest BCUT2D eigenvalue weighted by Gasteiger charge is 2.30. The van der Waals surface area contributed by atoms with Crippen molar-refractivity contribution in [1.82, 2.24) is 4.90 Å². The molecule has 1 heterocycles. The lowest BCUT2D eigenvalue weighted by atomic mass is 10.2. The molecule has 0 aliphatic carbocycles. The summed E-state index contributed by atoms with van der Waals surface area (Å²) in [5.74, 6) is 0. The van der Waals surface area contributed by atoms with Crippen molar-refractivity contribution in [3.8, 4) is 0 Å². The molecule has 6 nitrogen and oxygen atoms in total. The zero-order valence-corrected chi connectivity index (χ0v) is 11.4. The monoisotopic (exact) mass is 315 g/mol. The van der Waals surface area contributed by atoms with Gasteiger partial charge < -0.3 is 15.3 Å². The smallest absolute Gasteiger partial charge is 0.293 e. The molecule has 2 atom stereocenters. The second kappa shape index (κ2) is 5.21. The number of likely N-dealkylation sites (tertiary alicyclic amines) is 1. The van der Waals surface area contributed by atoms with Crippen LogP contribution in [0, 0.1) is 10.1 Å². The Kier molecular flexibility index (Phi) is 3.84. The normalized spacial score (nSPS) is 24.2. The Hall–Kier alpha value is -1.18. The fraction of sp³-hybridized carbons (Fsp3) is 0.455. The van der Waals surface area contributed by atoms with Crippen LogP contribution in [0.1, 0.15) is 0 Å². The molecular formula is C11H14BrN3O3. The average molecular weight is 316 g/mol. The molecule has 0 unspecified atom stereocenters. The van der Waals surface area contributed by atoms with Gasteiger partial charge in [-0.25, -0.2) is 0 Å². The van der Waals surface area contributed by atoms with Crippen molar-refractivity contribution < 1.29 is 10.0 Å². The number of hydrogen-bond acceptors (Lipinski definition) is 5. The molecule has 0 amide bonds. The SMILES string of the molecule is CN1C[C@@H](O)[C@@H](Nc2ccc(Br)cc2[N+](=O)[O-])C1. The van der Waals surface area contributed by atoms with Crippen molar-refractivity contribution in [3.05, 3.63) is 32.8 Å². The van der Waals surface area contributed by atoms with E-state index in [4.69, 9.17) is 0 Å². The Labute approximate surface area is 113 Å². The van der Waals surface area contributed by atoms with Crippen molar-refractivity contribution in [2.75, 3.05) is 25.5 Å². The van der Waals surface area contributed by atoms with Crippen LogP contribution in [0.4, 0.5) is 11.4 Å². The second-order valence-corrected chi connectivity index (χ2v) is 5.37. The van der Waals surface area contributed by atoms with Gasteiger partial charge in [-0.1, -0.05) is 15.9 Å². The Morgan fingerprint density at radius 1 is 1.56 bits per heavy atom. The molecule has 0 bridgehead atoms. The van der Waals surface area contributed by atoms with E-state index < -0.39 is 11.0 Å². The third-order valence-electron chi connectivity index (χ3n) is 2.97. The van der Waals surface area contributed by atoms with E-state index in [1.54, 1.807) is 12.1 Å². The van der Waals surface area contributed by atoms with Gasteiger partial charge in [-0.3, -0.25) is 10.1 Å². The number of anilines is 1. The lowest BCUT2D eigenvalue weighted by molar-refractivity contribution is -0.384. The highest BCUT2D eigenvalue weighted by molar-refractivity contribution is 9.10. The molecule has 0 spiro atoms. The molecule has 0 radical (unpaired) electrons. The van der Waals surface area contributed by atoms with Crippen LogP contribution in [0.5, 0.6) is 0 Å². The number of β-amino-alcohol motifs (C(OH)–C–C–N with tert-alkyl or cyclic N) is 1. The number of rotatable bonds is 3. The molecule has 2 N–H and O–H groups in total. The van der Waals surface area contributed by atoms with Gasteiger partial charge in [0.2, 0.25) is 0 Å². The Morgan fingerprint density at radius 3 is 2.83 bits per heavy atom. The maximum Gasteiger partial charge on any atom is 0.293 e. The molecule has 1 aliphatic heterocycles. The van der Waals surface area contributed by atoms with Gasteiger partial charge in [0.1, 0.15) is 5.69 Å². The second-order valence-electron chi connectivity index (χ2n) is 4.46. The van der Waals surface area contributed by atoms with E-state index >= 15 is 0 Å². The Morgan fingerprint density at radius 2 is 2.28 bits per heavy atom. The van der Waals surface area contributed by atoms with Crippen LogP contribution in [0.15, 0.2) is 22.7 Å². The number of aliphatic hydroxyl groups is 1. The molecule has 18 heavy (non-hydrogen) atoms. The lowest BCUT2D eigenvalue weighted by Crippen LogP contribution is -2.32.